The molecule has 2 aromatic rings. The molecule has 110 valence electrons. The standard InChI is InChI=1S/C16H19N3O2/c1-11-8-13-14(17-9-11)4-3-5-15(13)18(2)12-6-7-19(10-12)16(20)21/h3-5,8-9,12H,6-7,10H2,1-2H3,(H,20,21). The average Bonchev–Trinajstić information content (AvgIpc) is 2.96. The molecule has 1 aliphatic rings. The molecular formula is C16H19N3O2. The molecular weight excluding hydrogens is 266 g/mol. The minimum atomic E-state index is -0.832. The maximum atomic E-state index is 11.1. The largest absolute Gasteiger partial charge is 0.465 e. The molecule has 1 aromatic heterocycles. The van der Waals surface area contributed by atoms with E-state index in [1.165, 1.54) is 4.90 Å². The van der Waals surface area contributed by atoms with Crippen LogP contribution in [-0.4, -0.2) is 47.3 Å². The van der Waals surface area contributed by atoms with Crippen molar-refractivity contribution in [3.63, 3.8) is 0 Å². The van der Waals surface area contributed by atoms with E-state index in [4.69, 9.17) is 5.11 Å². The van der Waals surface area contributed by atoms with Gasteiger partial charge in [0.2, 0.25) is 0 Å². The van der Waals surface area contributed by atoms with Crippen LogP contribution in [0.5, 0.6) is 0 Å². The monoisotopic (exact) mass is 285 g/mol. The highest BCUT2D eigenvalue weighted by molar-refractivity contribution is 5.92. The van der Waals surface area contributed by atoms with Gasteiger partial charge in [-0.2, -0.15) is 0 Å². The number of carbonyl (C=O) groups is 1. The highest BCUT2D eigenvalue weighted by Crippen LogP contribution is 2.29. The first-order valence-electron chi connectivity index (χ1n) is 7.12. The Hall–Kier alpha value is -2.30. The summed E-state index contributed by atoms with van der Waals surface area (Å²) in [5.74, 6) is 0. The van der Waals surface area contributed by atoms with Crippen LogP contribution in [0.2, 0.25) is 0 Å². The van der Waals surface area contributed by atoms with Gasteiger partial charge in [0, 0.05) is 43.4 Å². The van der Waals surface area contributed by atoms with Crippen molar-refractivity contribution < 1.29 is 9.90 Å². The van der Waals surface area contributed by atoms with Crippen molar-refractivity contribution in [3.8, 4) is 0 Å². The van der Waals surface area contributed by atoms with Gasteiger partial charge in [0.25, 0.3) is 0 Å². The third-order valence-electron chi connectivity index (χ3n) is 4.20. The maximum Gasteiger partial charge on any atom is 0.407 e. The van der Waals surface area contributed by atoms with Crippen LogP contribution in [0.15, 0.2) is 30.5 Å². The fourth-order valence-corrected chi connectivity index (χ4v) is 2.97. The van der Waals surface area contributed by atoms with E-state index in [1.807, 2.05) is 32.3 Å². The molecule has 3 rings (SSSR count). The fourth-order valence-electron chi connectivity index (χ4n) is 2.97. The molecule has 5 heteroatoms. The van der Waals surface area contributed by atoms with E-state index >= 15 is 0 Å². The summed E-state index contributed by atoms with van der Waals surface area (Å²) in [4.78, 5) is 19.2. The second-order valence-corrected chi connectivity index (χ2v) is 5.64. The molecule has 1 N–H and O–H groups in total. The smallest absolute Gasteiger partial charge is 0.407 e. The number of rotatable bonds is 2. The quantitative estimate of drug-likeness (QED) is 0.921. The lowest BCUT2D eigenvalue weighted by Crippen LogP contribution is -2.36. The van der Waals surface area contributed by atoms with E-state index in [1.54, 1.807) is 0 Å². The number of anilines is 1. The van der Waals surface area contributed by atoms with Crippen LogP contribution in [-0.2, 0) is 0 Å². The Balaban J connectivity index is 1.93. The summed E-state index contributed by atoms with van der Waals surface area (Å²) in [7, 11) is 2.03. The maximum absolute atomic E-state index is 11.1. The van der Waals surface area contributed by atoms with Gasteiger partial charge in [-0.05, 0) is 37.1 Å². The summed E-state index contributed by atoms with van der Waals surface area (Å²) in [6, 6.07) is 8.43. The van der Waals surface area contributed by atoms with Gasteiger partial charge in [0.05, 0.1) is 5.52 Å². The molecule has 1 amide bonds. The fraction of sp³-hybridized carbons (Fsp3) is 0.375. The summed E-state index contributed by atoms with van der Waals surface area (Å²) < 4.78 is 0. The molecule has 1 atom stereocenters. The van der Waals surface area contributed by atoms with Crippen molar-refractivity contribution in [1.29, 1.82) is 0 Å². The van der Waals surface area contributed by atoms with E-state index in [0.717, 1.165) is 28.6 Å². The first kappa shape index (κ1) is 13.7. The number of benzene rings is 1. The van der Waals surface area contributed by atoms with Gasteiger partial charge < -0.3 is 14.9 Å². The Labute approximate surface area is 123 Å². The lowest BCUT2D eigenvalue weighted by Gasteiger charge is -2.27. The Morgan fingerprint density at radius 2 is 2.29 bits per heavy atom. The van der Waals surface area contributed by atoms with Crippen LogP contribution in [0.4, 0.5) is 10.5 Å². The van der Waals surface area contributed by atoms with Gasteiger partial charge in [-0.15, -0.1) is 0 Å². The number of pyridine rings is 1. The number of nitrogens with zero attached hydrogens (tertiary/aromatic N) is 3. The predicted molar refractivity (Wildman–Crippen MR) is 82.9 cm³/mol. The molecule has 5 nitrogen and oxygen atoms in total. The van der Waals surface area contributed by atoms with Crippen LogP contribution in [0, 0.1) is 6.92 Å². The zero-order chi connectivity index (χ0) is 15.0. The first-order chi connectivity index (χ1) is 10.1. The normalized spacial score (nSPS) is 18.2. The van der Waals surface area contributed by atoms with Gasteiger partial charge in [-0.1, -0.05) is 6.07 Å². The van der Waals surface area contributed by atoms with E-state index in [0.29, 0.717) is 13.1 Å². The van der Waals surface area contributed by atoms with Gasteiger partial charge in [0.1, 0.15) is 0 Å². The van der Waals surface area contributed by atoms with E-state index < -0.39 is 6.09 Å². The predicted octanol–water partition coefficient (Wildman–Crippen LogP) is 2.73. The third kappa shape index (κ3) is 2.51. The molecule has 2 heterocycles. The first-order valence-corrected chi connectivity index (χ1v) is 7.12. The molecule has 21 heavy (non-hydrogen) atoms. The van der Waals surface area contributed by atoms with Crippen molar-refractivity contribution in [2.45, 2.75) is 19.4 Å². The molecule has 1 fully saturated rings. The summed E-state index contributed by atoms with van der Waals surface area (Å²) in [5.41, 5.74) is 3.21. The van der Waals surface area contributed by atoms with Gasteiger partial charge >= 0.3 is 6.09 Å². The summed E-state index contributed by atoms with van der Waals surface area (Å²) >= 11 is 0. The Bertz CT molecular complexity index is 686. The van der Waals surface area contributed by atoms with Gasteiger partial charge in [-0.25, -0.2) is 4.79 Å². The average molecular weight is 285 g/mol. The Kier molecular flexibility index (Phi) is 3.41. The Morgan fingerprint density at radius 3 is 3.00 bits per heavy atom. The van der Waals surface area contributed by atoms with E-state index in [9.17, 15) is 4.79 Å². The number of fused-ring (bicyclic) bond motifs is 1. The van der Waals surface area contributed by atoms with Crippen molar-refractivity contribution in [2.24, 2.45) is 0 Å². The highest BCUT2D eigenvalue weighted by Gasteiger charge is 2.29. The van der Waals surface area contributed by atoms with Crippen molar-refractivity contribution in [1.82, 2.24) is 9.88 Å². The molecule has 0 aliphatic carbocycles. The van der Waals surface area contributed by atoms with E-state index in [-0.39, 0.29) is 6.04 Å². The minimum absolute atomic E-state index is 0.215. The van der Waals surface area contributed by atoms with Crippen LogP contribution < -0.4 is 4.90 Å². The molecule has 1 aromatic carbocycles. The summed E-state index contributed by atoms with van der Waals surface area (Å²) in [6.45, 7) is 3.19. The number of likely N-dealkylation sites (N-methyl/N-ethyl adjacent to an activating group) is 1. The SMILES string of the molecule is Cc1cnc2cccc(N(C)C3CCN(C(=O)O)C3)c2c1. The number of likely N-dealkylation sites (tertiary alicyclic amines) is 1. The zero-order valence-electron chi connectivity index (χ0n) is 12.3. The molecule has 1 unspecified atom stereocenters. The molecule has 1 aliphatic heterocycles. The van der Waals surface area contributed by atoms with Crippen LogP contribution in [0.1, 0.15) is 12.0 Å². The summed E-state index contributed by atoms with van der Waals surface area (Å²) in [5, 5.41) is 10.2. The van der Waals surface area contributed by atoms with Crippen LogP contribution in [0.25, 0.3) is 10.9 Å². The van der Waals surface area contributed by atoms with Crippen molar-refractivity contribution in [3.05, 3.63) is 36.0 Å². The van der Waals surface area contributed by atoms with Crippen molar-refractivity contribution >= 4 is 22.7 Å². The molecule has 1 saturated heterocycles. The number of aromatic nitrogens is 1. The highest BCUT2D eigenvalue weighted by atomic mass is 16.4. The molecule has 0 radical (unpaired) electrons. The Morgan fingerprint density at radius 1 is 1.48 bits per heavy atom. The third-order valence-corrected chi connectivity index (χ3v) is 4.20. The number of hydrogen-bond donors (Lipinski definition) is 1. The number of aryl methyl sites for hydroxylation is 1. The van der Waals surface area contributed by atoms with Gasteiger partial charge in [-0.3, -0.25) is 4.98 Å². The number of amides is 1. The van der Waals surface area contributed by atoms with Crippen LogP contribution >= 0.6 is 0 Å². The minimum Gasteiger partial charge on any atom is -0.465 e. The number of carboxylic acid groups (broad SMARTS) is 1. The second-order valence-electron chi connectivity index (χ2n) is 5.64. The van der Waals surface area contributed by atoms with Crippen molar-refractivity contribution in [2.75, 3.05) is 25.0 Å². The van der Waals surface area contributed by atoms with Crippen LogP contribution in [0.3, 0.4) is 0 Å². The van der Waals surface area contributed by atoms with E-state index in [2.05, 4.69) is 22.0 Å². The van der Waals surface area contributed by atoms with Gasteiger partial charge in [0.15, 0.2) is 0 Å². The molecule has 0 bridgehead atoms. The second kappa shape index (κ2) is 5.24. The zero-order valence-corrected chi connectivity index (χ0v) is 12.3. The molecule has 0 saturated carbocycles. The summed E-state index contributed by atoms with van der Waals surface area (Å²) in [6.07, 6.45) is 1.90. The molecule has 0 spiro atoms. The topological polar surface area (TPSA) is 56.7 Å². The number of hydrogen-bond acceptors (Lipinski definition) is 3. The lowest BCUT2D eigenvalue weighted by molar-refractivity contribution is 0.155. The lowest BCUT2D eigenvalue weighted by atomic mass is 10.1.